The Bertz CT molecular complexity index is 492. The van der Waals surface area contributed by atoms with Crippen molar-refractivity contribution in [3.05, 3.63) is 29.8 Å². The topological polar surface area (TPSA) is 58.2 Å². The first-order chi connectivity index (χ1) is 9.70. The monoisotopic (exact) mass is 354 g/mol. The second-order valence-corrected chi connectivity index (χ2v) is 7.10. The van der Waals surface area contributed by atoms with Gasteiger partial charge in [-0.05, 0) is 24.5 Å². The molecule has 0 unspecified atom stereocenters. The van der Waals surface area contributed by atoms with E-state index in [1.54, 1.807) is 0 Å². The number of benzene rings is 1. The van der Waals surface area contributed by atoms with Crippen molar-refractivity contribution in [2.75, 3.05) is 11.9 Å². The molecule has 0 fully saturated rings. The minimum atomic E-state index is -0.273. The van der Waals surface area contributed by atoms with Gasteiger partial charge in [-0.2, -0.15) is 0 Å². The zero-order chi connectivity index (χ0) is 16.0. The van der Waals surface area contributed by atoms with E-state index < -0.39 is 0 Å². The predicted molar refractivity (Wildman–Crippen MR) is 89.6 cm³/mol. The molecule has 0 aliphatic rings. The molecule has 1 atom stereocenters. The van der Waals surface area contributed by atoms with E-state index >= 15 is 0 Å². The third-order valence-electron chi connectivity index (χ3n) is 2.98. The van der Waals surface area contributed by atoms with Gasteiger partial charge in [0.1, 0.15) is 0 Å². The molecule has 0 heterocycles. The summed E-state index contributed by atoms with van der Waals surface area (Å²) in [5.74, 6) is -0.202. The first kappa shape index (κ1) is 17.7. The minimum Gasteiger partial charge on any atom is -0.355 e. The van der Waals surface area contributed by atoms with Gasteiger partial charge in [-0.15, -0.1) is 0 Å². The lowest BCUT2D eigenvalue weighted by atomic mass is 9.92. The second kappa shape index (κ2) is 7.59. The summed E-state index contributed by atoms with van der Waals surface area (Å²) >= 11 is 3.38. The van der Waals surface area contributed by atoms with Gasteiger partial charge in [-0.1, -0.05) is 54.4 Å². The zero-order valence-corrected chi connectivity index (χ0v) is 14.6. The summed E-state index contributed by atoms with van der Waals surface area (Å²) in [6.45, 7) is 8.27. The number of alkyl halides is 1. The Balaban J connectivity index is 2.34. The number of carbonyl (C=O) groups is 2. The molecule has 2 amide bonds. The molecule has 116 valence electrons. The maximum Gasteiger partial charge on any atom is 0.234 e. The van der Waals surface area contributed by atoms with Crippen molar-refractivity contribution < 1.29 is 9.59 Å². The van der Waals surface area contributed by atoms with Crippen LogP contribution < -0.4 is 10.6 Å². The van der Waals surface area contributed by atoms with E-state index in [0.29, 0.717) is 6.54 Å². The third kappa shape index (κ3) is 6.29. The van der Waals surface area contributed by atoms with E-state index in [1.807, 2.05) is 52.0 Å². The Morgan fingerprint density at radius 2 is 1.76 bits per heavy atom. The van der Waals surface area contributed by atoms with Crippen molar-refractivity contribution in [2.24, 2.45) is 5.41 Å². The molecule has 0 aliphatic heterocycles. The zero-order valence-electron chi connectivity index (χ0n) is 13.0. The molecule has 5 heteroatoms. The fourth-order valence-electron chi connectivity index (χ4n) is 1.64. The smallest absolute Gasteiger partial charge is 0.234 e. The third-order valence-corrected chi connectivity index (χ3v) is 4.77. The van der Waals surface area contributed by atoms with Gasteiger partial charge in [0.25, 0.3) is 0 Å². The van der Waals surface area contributed by atoms with Gasteiger partial charge >= 0.3 is 0 Å². The quantitative estimate of drug-likeness (QED) is 0.797. The second-order valence-electron chi connectivity index (χ2n) is 6.18. The number of rotatable bonds is 5. The van der Waals surface area contributed by atoms with E-state index in [1.165, 1.54) is 0 Å². The highest BCUT2D eigenvalue weighted by Gasteiger charge is 2.28. The Hall–Kier alpha value is -1.36. The molecule has 0 saturated carbocycles. The molecular weight excluding hydrogens is 332 g/mol. The van der Waals surface area contributed by atoms with Crippen LogP contribution in [-0.4, -0.2) is 23.2 Å². The fourth-order valence-corrected chi connectivity index (χ4v) is 1.80. The molecule has 4 nitrogen and oxygen atoms in total. The van der Waals surface area contributed by atoms with Crippen LogP contribution in [0.25, 0.3) is 0 Å². The highest BCUT2D eigenvalue weighted by molar-refractivity contribution is 9.10. The number of hydrogen-bond acceptors (Lipinski definition) is 2. The van der Waals surface area contributed by atoms with Crippen molar-refractivity contribution >= 4 is 33.4 Å². The van der Waals surface area contributed by atoms with Crippen LogP contribution in [0.4, 0.5) is 5.69 Å². The summed E-state index contributed by atoms with van der Waals surface area (Å²) in [4.78, 5) is 23.4. The van der Waals surface area contributed by atoms with Gasteiger partial charge in [0.15, 0.2) is 0 Å². The van der Waals surface area contributed by atoms with E-state index in [4.69, 9.17) is 0 Å². The fraction of sp³-hybridized carbons (Fsp3) is 0.500. The van der Waals surface area contributed by atoms with Gasteiger partial charge in [-0.3, -0.25) is 9.59 Å². The van der Waals surface area contributed by atoms with Crippen molar-refractivity contribution in [1.82, 2.24) is 5.32 Å². The summed E-state index contributed by atoms with van der Waals surface area (Å²) in [6, 6.07) is 7.60. The normalized spacial score (nSPS) is 12.6. The van der Waals surface area contributed by atoms with E-state index in [0.717, 1.165) is 11.3 Å². The van der Waals surface area contributed by atoms with Crippen molar-refractivity contribution in [3.8, 4) is 0 Å². The summed E-state index contributed by atoms with van der Waals surface area (Å²) in [7, 11) is 0. The van der Waals surface area contributed by atoms with Crippen molar-refractivity contribution in [2.45, 2.75) is 38.9 Å². The van der Waals surface area contributed by atoms with Gasteiger partial charge in [-0.25, -0.2) is 0 Å². The number of carbonyl (C=O) groups excluding carboxylic acids is 2. The Kier molecular flexibility index (Phi) is 6.40. The van der Waals surface area contributed by atoms with E-state index in [2.05, 4.69) is 26.6 Å². The Labute approximate surface area is 134 Å². The first-order valence-electron chi connectivity index (χ1n) is 6.98. The van der Waals surface area contributed by atoms with Gasteiger partial charge in [0.05, 0.1) is 4.83 Å². The maximum absolute atomic E-state index is 11.9. The molecule has 0 aliphatic carbocycles. The molecule has 0 saturated heterocycles. The van der Waals surface area contributed by atoms with Crippen LogP contribution in [0.5, 0.6) is 0 Å². The summed E-state index contributed by atoms with van der Waals surface area (Å²) in [6.07, 6.45) is 0.253. The van der Waals surface area contributed by atoms with Gasteiger partial charge in [0, 0.05) is 18.7 Å². The molecule has 0 aromatic heterocycles. The summed E-state index contributed by atoms with van der Waals surface area (Å²) < 4.78 is 0. The van der Waals surface area contributed by atoms with Crippen LogP contribution in [0.1, 0.15) is 32.8 Å². The van der Waals surface area contributed by atoms with Crippen LogP contribution in [-0.2, 0) is 9.59 Å². The molecule has 1 aromatic rings. The highest BCUT2D eigenvalue weighted by Crippen LogP contribution is 2.25. The average molecular weight is 355 g/mol. The minimum absolute atomic E-state index is 0.0920. The largest absolute Gasteiger partial charge is 0.355 e. The number of nitrogens with one attached hydrogen (secondary N) is 2. The molecule has 0 radical (unpaired) electrons. The predicted octanol–water partition coefficient (Wildman–Crippen LogP) is 3.25. The first-order valence-corrected chi connectivity index (χ1v) is 7.90. The Morgan fingerprint density at radius 3 is 2.29 bits per heavy atom. The lowest BCUT2D eigenvalue weighted by molar-refractivity contribution is -0.122. The maximum atomic E-state index is 11.9. The average Bonchev–Trinajstić information content (AvgIpc) is 2.39. The van der Waals surface area contributed by atoms with Crippen LogP contribution in [0.15, 0.2) is 24.3 Å². The van der Waals surface area contributed by atoms with E-state index in [9.17, 15) is 9.59 Å². The summed E-state index contributed by atoms with van der Waals surface area (Å²) in [5.41, 5.74) is 1.75. The summed E-state index contributed by atoms with van der Waals surface area (Å²) in [5, 5.41) is 5.57. The van der Waals surface area contributed by atoms with Gasteiger partial charge in [0.2, 0.25) is 11.8 Å². The van der Waals surface area contributed by atoms with Crippen molar-refractivity contribution in [3.63, 3.8) is 0 Å². The lowest BCUT2D eigenvalue weighted by Crippen LogP contribution is -2.39. The van der Waals surface area contributed by atoms with Crippen LogP contribution >= 0.6 is 15.9 Å². The molecular formula is C16H23BrN2O2. The van der Waals surface area contributed by atoms with Crippen LogP contribution in [0.3, 0.4) is 0 Å². The van der Waals surface area contributed by atoms with Crippen molar-refractivity contribution in [1.29, 1.82) is 0 Å². The standard InChI is InChI=1S/C16H23BrN2O2/c1-11-5-7-12(8-6-11)19-13(20)9-10-18-15(21)14(17)16(2,3)4/h5-8,14H,9-10H2,1-4H3,(H,18,21)(H,19,20)/t14-/m0/s1. The Morgan fingerprint density at radius 1 is 1.19 bits per heavy atom. The lowest BCUT2D eigenvalue weighted by Gasteiger charge is -2.24. The molecule has 0 bridgehead atoms. The number of halogens is 1. The van der Waals surface area contributed by atoms with Gasteiger partial charge < -0.3 is 10.6 Å². The van der Waals surface area contributed by atoms with Crippen LogP contribution in [0, 0.1) is 12.3 Å². The van der Waals surface area contributed by atoms with E-state index in [-0.39, 0.29) is 28.5 Å². The molecule has 1 aromatic carbocycles. The SMILES string of the molecule is Cc1ccc(NC(=O)CCNC(=O)[C@H](Br)C(C)(C)C)cc1. The molecule has 2 N–H and O–H groups in total. The number of amides is 2. The molecule has 1 rings (SSSR count). The number of aryl methyl sites for hydroxylation is 1. The number of hydrogen-bond donors (Lipinski definition) is 2. The molecule has 0 spiro atoms. The number of anilines is 1. The highest BCUT2D eigenvalue weighted by atomic mass is 79.9. The molecule has 21 heavy (non-hydrogen) atoms. The van der Waals surface area contributed by atoms with Crippen LogP contribution in [0.2, 0.25) is 0 Å².